The van der Waals surface area contributed by atoms with Crippen molar-refractivity contribution in [1.29, 1.82) is 0 Å². The van der Waals surface area contributed by atoms with Crippen LogP contribution in [0, 0.1) is 11.3 Å². The highest BCUT2D eigenvalue weighted by Crippen LogP contribution is 2.52. The van der Waals surface area contributed by atoms with E-state index in [2.05, 4.69) is 19.2 Å². The number of nitrogens with one attached hydrogen (secondary N) is 1. The summed E-state index contributed by atoms with van der Waals surface area (Å²) in [5.41, 5.74) is 5.87. The monoisotopic (exact) mass is 196 g/mol. The molecule has 3 nitrogen and oxygen atoms in total. The molecule has 2 fully saturated rings. The van der Waals surface area contributed by atoms with Crippen LogP contribution in [0.15, 0.2) is 0 Å². The van der Waals surface area contributed by atoms with Gasteiger partial charge < -0.3 is 11.1 Å². The molecule has 0 radical (unpaired) electrons. The summed E-state index contributed by atoms with van der Waals surface area (Å²) in [4.78, 5) is 11.8. The molecule has 2 aliphatic carbocycles. The molecule has 1 atom stereocenters. The van der Waals surface area contributed by atoms with E-state index >= 15 is 0 Å². The molecule has 0 spiro atoms. The van der Waals surface area contributed by atoms with Crippen molar-refractivity contribution in [1.82, 2.24) is 5.32 Å². The minimum absolute atomic E-state index is 0.0459. The summed E-state index contributed by atoms with van der Waals surface area (Å²) in [7, 11) is 0. The van der Waals surface area contributed by atoms with Gasteiger partial charge in [-0.05, 0) is 31.1 Å². The molecule has 3 N–H and O–H groups in total. The Morgan fingerprint density at radius 3 is 2.36 bits per heavy atom. The van der Waals surface area contributed by atoms with E-state index in [1.807, 2.05) is 0 Å². The van der Waals surface area contributed by atoms with Gasteiger partial charge in [0.15, 0.2) is 0 Å². The van der Waals surface area contributed by atoms with Crippen LogP contribution < -0.4 is 11.1 Å². The molecule has 0 aromatic heterocycles. The fourth-order valence-corrected chi connectivity index (χ4v) is 2.25. The quantitative estimate of drug-likeness (QED) is 0.708. The number of carbonyl (C=O) groups is 1. The van der Waals surface area contributed by atoms with Crippen LogP contribution in [0.4, 0.5) is 0 Å². The molecule has 14 heavy (non-hydrogen) atoms. The molecule has 80 valence electrons. The summed E-state index contributed by atoms with van der Waals surface area (Å²) in [5.74, 6) is 0.451. The van der Waals surface area contributed by atoms with Crippen LogP contribution in [0.2, 0.25) is 0 Å². The first-order valence-corrected chi connectivity index (χ1v) is 5.51. The standard InChI is InChI=1S/C11H20N2O/c1-10(2)6-8(10)9(14)13-11(7-12)4-3-5-11/h8H,3-7,12H2,1-2H3,(H,13,14). The lowest BCUT2D eigenvalue weighted by atomic mass is 9.76. The Bertz CT molecular complexity index is 251. The average molecular weight is 196 g/mol. The largest absolute Gasteiger partial charge is 0.349 e. The van der Waals surface area contributed by atoms with Crippen molar-refractivity contribution in [3.05, 3.63) is 0 Å². The molecular formula is C11H20N2O. The van der Waals surface area contributed by atoms with Crippen LogP contribution in [0.25, 0.3) is 0 Å². The average Bonchev–Trinajstić information content (AvgIpc) is 2.68. The molecule has 2 rings (SSSR count). The third-order valence-electron chi connectivity index (χ3n) is 3.92. The fourth-order valence-electron chi connectivity index (χ4n) is 2.25. The van der Waals surface area contributed by atoms with Crippen LogP contribution in [-0.4, -0.2) is 18.0 Å². The number of hydrogen-bond acceptors (Lipinski definition) is 2. The van der Waals surface area contributed by atoms with E-state index in [4.69, 9.17) is 5.73 Å². The fraction of sp³-hybridized carbons (Fsp3) is 0.909. The molecule has 0 saturated heterocycles. The van der Waals surface area contributed by atoms with Gasteiger partial charge in [-0.3, -0.25) is 4.79 Å². The molecule has 0 aromatic carbocycles. The van der Waals surface area contributed by atoms with Crippen molar-refractivity contribution in [2.45, 2.75) is 45.1 Å². The Kier molecular flexibility index (Phi) is 2.11. The zero-order chi connectivity index (χ0) is 10.4. The summed E-state index contributed by atoms with van der Waals surface area (Å²) in [6.07, 6.45) is 4.34. The Morgan fingerprint density at radius 1 is 1.50 bits per heavy atom. The van der Waals surface area contributed by atoms with Crippen molar-refractivity contribution < 1.29 is 4.79 Å². The lowest BCUT2D eigenvalue weighted by molar-refractivity contribution is -0.125. The van der Waals surface area contributed by atoms with E-state index in [9.17, 15) is 4.79 Å². The van der Waals surface area contributed by atoms with Gasteiger partial charge in [0.05, 0.1) is 5.54 Å². The highest BCUT2D eigenvalue weighted by Gasteiger charge is 2.52. The third kappa shape index (κ3) is 1.54. The molecule has 2 aliphatic rings. The van der Waals surface area contributed by atoms with Gasteiger partial charge in [-0.25, -0.2) is 0 Å². The zero-order valence-corrected chi connectivity index (χ0v) is 9.10. The van der Waals surface area contributed by atoms with Gasteiger partial charge in [0.1, 0.15) is 0 Å². The lowest BCUT2D eigenvalue weighted by Gasteiger charge is -2.41. The second-order valence-electron chi connectivity index (χ2n) is 5.57. The van der Waals surface area contributed by atoms with E-state index < -0.39 is 0 Å². The molecule has 0 heterocycles. The van der Waals surface area contributed by atoms with E-state index in [0.29, 0.717) is 6.54 Å². The van der Waals surface area contributed by atoms with E-state index in [0.717, 1.165) is 19.3 Å². The van der Waals surface area contributed by atoms with E-state index in [-0.39, 0.29) is 22.8 Å². The highest BCUT2D eigenvalue weighted by atomic mass is 16.2. The van der Waals surface area contributed by atoms with Gasteiger partial charge in [-0.15, -0.1) is 0 Å². The minimum Gasteiger partial charge on any atom is -0.349 e. The topological polar surface area (TPSA) is 55.1 Å². The lowest BCUT2D eigenvalue weighted by Crippen LogP contribution is -2.58. The van der Waals surface area contributed by atoms with Gasteiger partial charge in [-0.1, -0.05) is 13.8 Å². The number of nitrogens with two attached hydrogens (primary N) is 1. The van der Waals surface area contributed by atoms with E-state index in [1.54, 1.807) is 0 Å². The third-order valence-corrected chi connectivity index (χ3v) is 3.92. The Hall–Kier alpha value is -0.570. The van der Waals surface area contributed by atoms with Gasteiger partial charge in [-0.2, -0.15) is 0 Å². The molecular weight excluding hydrogens is 176 g/mol. The zero-order valence-electron chi connectivity index (χ0n) is 9.10. The predicted molar refractivity (Wildman–Crippen MR) is 55.7 cm³/mol. The first-order chi connectivity index (χ1) is 6.49. The molecule has 1 amide bonds. The van der Waals surface area contributed by atoms with Crippen molar-refractivity contribution in [3.8, 4) is 0 Å². The van der Waals surface area contributed by atoms with Gasteiger partial charge in [0.25, 0.3) is 0 Å². The Balaban J connectivity index is 1.89. The van der Waals surface area contributed by atoms with Gasteiger partial charge >= 0.3 is 0 Å². The first-order valence-electron chi connectivity index (χ1n) is 5.51. The van der Waals surface area contributed by atoms with Crippen LogP contribution >= 0.6 is 0 Å². The summed E-state index contributed by atoms with van der Waals surface area (Å²) in [6.45, 7) is 4.88. The second-order valence-corrected chi connectivity index (χ2v) is 5.57. The summed E-state index contributed by atoms with van der Waals surface area (Å²) in [6, 6.07) is 0. The van der Waals surface area contributed by atoms with Crippen LogP contribution in [0.3, 0.4) is 0 Å². The van der Waals surface area contributed by atoms with Gasteiger partial charge in [0.2, 0.25) is 5.91 Å². The smallest absolute Gasteiger partial charge is 0.224 e. The van der Waals surface area contributed by atoms with Crippen LogP contribution in [-0.2, 0) is 4.79 Å². The van der Waals surface area contributed by atoms with Crippen molar-refractivity contribution in [3.63, 3.8) is 0 Å². The summed E-state index contributed by atoms with van der Waals surface area (Å²) in [5, 5.41) is 3.13. The van der Waals surface area contributed by atoms with Crippen LogP contribution in [0.5, 0.6) is 0 Å². The SMILES string of the molecule is CC1(C)CC1C(=O)NC1(CN)CCC1. The molecule has 2 saturated carbocycles. The number of rotatable bonds is 3. The number of hydrogen-bond donors (Lipinski definition) is 2. The maximum Gasteiger partial charge on any atom is 0.224 e. The summed E-state index contributed by atoms with van der Waals surface area (Å²) >= 11 is 0. The van der Waals surface area contributed by atoms with E-state index in [1.165, 1.54) is 6.42 Å². The Labute approximate surface area is 85.4 Å². The van der Waals surface area contributed by atoms with Gasteiger partial charge in [0, 0.05) is 12.5 Å². The normalized spacial score (nSPS) is 31.8. The van der Waals surface area contributed by atoms with Crippen LogP contribution in [0.1, 0.15) is 39.5 Å². The second kappa shape index (κ2) is 2.96. The van der Waals surface area contributed by atoms with Crippen molar-refractivity contribution in [2.24, 2.45) is 17.1 Å². The number of amides is 1. The summed E-state index contributed by atoms with van der Waals surface area (Å²) < 4.78 is 0. The highest BCUT2D eigenvalue weighted by molar-refractivity contribution is 5.83. The number of carbonyl (C=O) groups excluding carboxylic acids is 1. The molecule has 0 bridgehead atoms. The maximum atomic E-state index is 11.8. The molecule has 1 unspecified atom stereocenters. The molecule has 3 heteroatoms. The first kappa shape index (κ1) is 9.97. The predicted octanol–water partition coefficient (Wildman–Crippen LogP) is 1.03. The molecule has 0 aromatic rings. The Morgan fingerprint density at radius 2 is 2.07 bits per heavy atom. The van der Waals surface area contributed by atoms with Crippen molar-refractivity contribution in [2.75, 3.05) is 6.54 Å². The minimum atomic E-state index is -0.0459. The van der Waals surface area contributed by atoms with Crippen molar-refractivity contribution >= 4 is 5.91 Å². The molecule has 0 aliphatic heterocycles. The maximum absolute atomic E-state index is 11.8.